The Morgan fingerprint density at radius 2 is 2.10 bits per heavy atom. The molecule has 0 radical (unpaired) electrons. The number of allylic oxidation sites excluding steroid dienone is 2. The van der Waals surface area contributed by atoms with Crippen LogP contribution in [0.5, 0.6) is 0 Å². The molecular weight excluding hydrogens is 282 g/mol. The van der Waals surface area contributed by atoms with Gasteiger partial charge in [-0.1, -0.05) is 36.4 Å². The van der Waals surface area contributed by atoms with Crippen molar-refractivity contribution in [3.63, 3.8) is 0 Å². The number of aliphatic hydroxyl groups is 1. The zero-order chi connectivity index (χ0) is 15.3. The van der Waals surface area contributed by atoms with E-state index in [0.717, 1.165) is 6.42 Å². The van der Waals surface area contributed by atoms with Crippen LogP contribution in [0, 0.1) is 0 Å². The van der Waals surface area contributed by atoms with Gasteiger partial charge >= 0.3 is 0 Å². The quantitative estimate of drug-likeness (QED) is 0.876. The third-order valence-electron chi connectivity index (χ3n) is 3.83. The van der Waals surface area contributed by atoms with Crippen LogP contribution in [0.2, 0.25) is 0 Å². The second kappa shape index (κ2) is 6.85. The minimum absolute atomic E-state index is 0.0132. The molecule has 0 spiro atoms. The number of hydrogen-bond acceptors (Lipinski definition) is 3. The van der Waals surface area contributed by atoms with Crippen molar-refractivity contribution in [2.75, 3.05) is 12.8 Å². The van der Waals surface area contributed by atoms with E-state index in [4.69, 9.17) is 0 Å². The van der Waals surface area contributed by atoms with Crippen molar-refractivity contribution in [2.24, 2.45) is 0 Å². The summed E-state index contributed by atoms with van der Waals surface area (Å²) < 4.78 is -0.157. The number of rotatable bonds is 5. The molecule has 0 bridgehead atoms. The SMILES string of the molecule is CSC1(CCNC(C)=O)C=CC(O)=CC1c1ccccc1. The normalized spacial score (nSPS) is 24.5. The van der Waals surface area contributed by atoms with Gasteiger partial charge in [0.1, 0.15) is 5.76 Å². The molecule has 2 N–H and O–H groups in total. The molecule has 1 aliphatic rings. The van der Waals surface area contributed by atoms with Gasteiger partial charge in [-0.3, -0.25) is 4.79 Å². The van der Waals surface area contributed by atoms with Crippen molar-refractivity contribution in [3.8, 4) is 0 Å². The first-order valence-electron chi connectivity index (χ1n) is 7.02. The van der Waals surface area contributed by atoms with Gasteiger partial charge in [0.25, 0.3) is 0 Å². The maximum absolute atomic E-state index is 11.1. The van der Waals surface area contributed by atoms with E-state index >= 15 is 0 Å². The lowest BCUT2D eigenvalue weighted by Crippen LogP contribution is -2.36. The van der Waals surface area contributed by atoms with Crippen LogP contribution in [-0.4, -0.2) is 28.6 Å². The molecule has 1 aromatic carbocycles. The molecule has 112 valence electrons. The second-order valence-corrected chi connectivity index (χ2v) is 6.37. The van der Waals surface area contributed by atoms with Gasteiger partial charge < -0.3 is 10.4 Å². The molecular formula is C17H21NO2S. The number of thioether (sulfide) groups is 1. The molecule has 4 heteroatoms. The second-order valence-electron chi connectivity index (χ2n) is 5.21. The van der Waals surface area contributed by atoms with Gasteiger partial charge in [-0.2, -0.15) is 11.8 Å². The molecule has 0 aliphatic heterocycles. The van der Waals surface area contributed by atoms with Crippen LogP contribution in [0.25, 0.3) is 0 Å². The molecule has 0 saturated carbocycles. The predicted molar refractivity (Wildman–Crippen MR) is 88.6 cm³/mol. The molecule has 2 unspecified atom stereocenters. The summed E-state index contributed by atoms with van der Waals surface area (Å²) in [6.45, 7) is 2.15. The molecule has 0 aromatic heterocycles. The maximum Gasteiger partial charge on any atom is 0.216 e. The molecule has 1 amide bonds. The van der Waals surface area contributed by atoms with E-state index in [2.05, 4.69) is 29.8 Å². The fourth-order valence-corrected chi connectivity index (χ4v) is 3.67. The third-order valence-corrected chi connectivity index (χ3v) is 5.18. The van der Waals surface area contributed by atoms with E-state index in [-0.39, 0.29) is 16.6 Å². The Morgan fingerprint density at radius 1 is 1.38 bits per heavy atom. The topological polar surface area (TPSA) is 49.3 Å². The smallest absolute Gasteiger partial charge is 0.216 e. The molecule has 3 nitrogen and oxygen atoms in total. The molecule has 0 heterocycles. The lowest BCUT2D eigenvalue weighted by Gasteiger charge is -2.38. The first-order chi connectivity index (χ1) is 10.1. The number of nitrogens with one attached hydrogen (secondary N) is 1. The van der Waals surface area contributed by atoms with Crippen molar-refractivity contribution in [2.45, 2.75) is 24.0 Å². The van der Waals surface area contributed by atoms with Crippen molar-refractivity contribution in [3.05, 3.63) is 59.9 Å². The number of carbonyl (C=O) groups excluding carboxylic acids is 1. The Hall–Kier alpha value is -1.68. The fraction of sp³-hybridized carbons (Fsp3) is 0.353. The van der Waals surface area contributed by atoms with Crippen molar-refractivity contribution >= 4 is 17.7 Å². The first-order valence-corrected chi connectivity index (χ1v) is 8.24. The highest BCUT2D eigenvalue weighted by Crippen LogP contribution is 2.45. The maximum atomic E-state index is 11.1. The number of carbonyl (C=O) groups is 1. The molecule has 1 aromatic rings. The fourth-order valence-electron chi connectivity index (χ4n) is 2.71. The van der Waals surface area contributed by atoms with E-state index in [1.165, 1.54) is 12.5 Å². The first kappa shape index (κ1) is 15.7. The molecule has 1 aliphatic carbocycles. The van der Waals surface area contributed by atoms with Crippen LogP contribution in [0.1, 0.15) is 24.8 Å². The van der Waals surface area contributed by atoms with Crippen LogP contribution in [-0.2, 0) is 4.79 Å². The Balaban J connectivity index is 2.28. The third kappa shape index (κ3) is 3.70. The van der Waals surface area contributed by atoms with Gasteiger partial charge in [-0.05, 0) is 30.4 Å². The largest absolute Gasteiger partial charge is 0.508 e. The molecule has 0 fully saturated rings. The van der Waals surface area contributed by atoms with E-state index in [0.29, 0.717) is 12.3 Å². The standard InChI is InChI=1S/C17H21NO2S/c1-13(19)18-11-10-17(21-2)9-8-15(20)12-16(17)14-6-4-3-5-7-14/h3-9,12,16,20H,10-11H2,1-2H3,(H,18,19). The zero-order valence-electron chi connectivity index (χ0n) is 12.4. The number of amides is 1. The number of hydrogen-bond donors (Lipinski definition) is 2. The van der Waals surface area contributed by atoms with Gasteiger partial charge in [-0.15, -0.1) is 0 Å². The van der Waals surface area contributed by atoms with Gasteiger partial charge in [-0.25, -0.2) is 0 Å². The minimum atomic E-state index is -0.157. The number of benzene rings is 1. The van der Waals surface area contributed by atoms with Gasteiger partial charge in [0.05, 0.1) is 0 Å². The Morgan fingerprint density at radius 3 is 2.71 bits per heavy atom. The molecule has 0 saturated heterocycles. The summed E-state index contributed by atoms with van der Waals surface area (Å²) in [4.78, 5) is 11.1. The van der Waals surface area contributed by atoms with Crippen molar-refractivity contribution in [1.82, 2.24) is 5.32 Å². The average molecular weight is 303 g/mol. The highest BCUT2D eigenvalue weighted by atomic mass is 32.2. The lowest BCUT2D eigenvalue weighted by molar-refractivity contribution is -0.118. The summed E-state index contributed by atoms with van der Waals surface area (Å²) in [7, 11) is 0. The van der Waals surface area contributed by atoms with E-state index in [1.807, 2.05) is 24.3 Å². The van der Waals surface area contributed by atoms with Gasteiger partial charge in [0.15, 0.2) is 0 Å². The van der Waals surface area contributed by atoms with Crippen LogP contribution in [0.3, 0.4) is 0 Å². The summed E-state index contributed by atoms with van der Waals surface area (Å²) in [6.07, 6.45) is 8.60. The van der Waals surface area contributed by atoms with Crippen molar-refractivity contribution in [1.29, 1.82) is 0 Å². The van der Waals surface area contributed by atoms with E-state index in [9.17, 15) is 9.90 Å². The molecule has 2 rings (SSSR count). The minimum Gasteiger partial charge on any atom is -0.508 e. The summed E-state index contributed by atoms with van der Waals surface area (Å²) >= 11 is 1.76. The van der Waals surface area contributed by atoms with Gasteiger partial charge in [0.2, 0.25) is 5.91 Å². The Bertz CT molecular complexity index is 553. The highest BCUT2D eigenvalue weighted by Gasteiger charge is 2.37. The predicted octanol–water partition coefficient (Wildman–Crippen LogP) is 3.41. The van der Waals surface area contributed by atoms with E-state index in [1.54, 1.807) is 17.8 Å². The average Bonchev–Trinajstić information content (AvgIpc) is 2.49. The summed E-state index contributed by atoms with van der Waals surface area (Å²) in [5.41, 5.74) is 1.17. The zero-order valence-corrected chi connectivity index (χ0v) is 13.2. The van der Waals surface area contributed by atoms with Crippen LogP contribution in [0.4, 0.5) is 0 Å². The summed E-state index contributed by atoms with van der Waals surface area (Å²) in [6, 6.07) is 10.2. The van der Waals surface area contributed by atoms with Crippen LogP contribution in [0.15, 0.2) is 54.3 Å². The molecule has 2 atom stereocenters. The summed E-state index contributed by atoms with van der Waals surface area (Å²) in [5.74, 6) is 0.376. The Labute approximate surface area is 130 Å². The van der Waals surface area contributed by atoms with Gasteiger partial charge in [0, 0.05) is 24.1 Å². The molecule has 21 heavy (non-hydrogen) atoms. The lowest BCUT2D eigenvalue weighted by atomic mass is 9.79. The van der Waals surface area contributed by atoms with Crippen LogP contribution < -0.4 is 5.32 Å². The van der Waals surface area contributed by atoms with Crippen LogP contribution >= 0.6 is 11.8 Å². The summed E-state index contributed by atoms with van der Waals surface area (Å²) in [5, 5.41) is 12.7. The Kier molecular flexibility index (Phi) is 5.12. The number of aliphatic hydroxyl groups excluding tert-OH is 1. The van der Waals surface area contributed by atoms with E-state index < -0.39 is 0 Å². The monoisotopic (exact) mass is 303 g/mol. The van der Waals surface area contributed by atoms with Crippen molar-refractivity contribution < 1.29 is 9.90 Å². The highest BCUT2D eigenvalue weighted by molar-refractivity contribution is 8.00.